The lowest BCUT2D eigenvalue weighted by Crippen LogP contribution is -2.50. The molecule has 0 aliphatic carbocycles. The van der Waals surface area contributed by atoms with Crippen molar-refractivity contribution in [1.82, 2.24) is 4.31 Å². The molecular formula is C25H23FN2O5S. The summed E-state index contributed by atoms with van der Waals surface area (Å²) in [6.07, 6.45) is 0.184. The van der Waals surface area contributed by atoms with Crippen molar-refractivity contribution in [3.05, 3.63) is 95.3 Å². The number of anilines is 1. The van der Waals surface area contributed by atoms with E-state index >= 15 is 0 Å². The fraction of sp³-hybridized carbons (Fsp3) is 0.200. The van der Waals surface area contributed by atoms with E-state index in [0.29, 0.717) is 11.3 Å². The zero-order valence-corrected chi connectivity index (χ0v) is 19.2. The van der Waals surface area contributed by atoms with E-state index in [2.05, 4.69) is 5.32 Å². The molecule has 176 valence electrons. The minimum atomic E-state index is -4.09. The summed E-state index contributed by atoms with van der Waals surface area (Å²) < 4.78 is 46.3. The van der Waals surface area contributed by atoms with Crippen LogP contribution in [0.5, 0.6) is 0 Å². The van der Waals surface area contributed by atoms with E-state index in [4.69, 9.17) is 4.74 Å². The second-order valence-corrected chi connectivity index (χ2v) is 9.67. The van der Waals surface area contributed by atoms with Gasteiger partial charge in [0.2, 0.25) is 15.9 Å². The van der Waals surface area contributed by atoms with Crippen molar-refractivity contribution in [3.8, 4) is 0 Å². The maximum Gasteiger partial charge on any atom is 0.338 e. The van der Waals surface area contributed by atoms with E-state index in [1.807, 2.05) is 24.3 Å². The summed E-state index contributed by atoms with van der Waals surface area (Å²) in [6, 6.07) is 17.0. The summed E-state index contributed by atoms with van der Waals surface area (Å²) in [5.41, 5.74) is 2.44. The molecule has 0 saturated heterocycles. The molecule has 0 spiro atoms. The molecule has 4 rings (SSSR count). The molecule has 1 heterocycles. The number of fused-ring (bicyclic) bond motifs is 1. The maximum atomic E-state index is 13.4. The van der Waals surface area contributed by atoms with Crippen LogP contribution in [0.4, 0.5) is 10.1 Å². The Bertz CT molecular complexity index is 1310. The molecule has 0 aromatic heterocycles. The van der Waals surface area contributed by atoms with Gasteiger partial charge < -0.3 is 10.1 Å². The Hall–Kier alpha value is -3.56. The average Bonchev–Trinajstić information content (AvgIpc) is 2.84. The minimum absolute atomic E-state index is 0.00969. The Morgan fingerprint density at radius 3 is 2.29 bits per heavy atom. The topological polar surface area (TPSA) is 92.8 Å². The minimum Gasteiger partial charge on any atom is -0.462 e. The van der Waals surface area contributed by atoms with Gasteiger partial charge in [0.1, 0.15) is 11.9 Å². The SMILES string of the molecule is CCOC(=O)c1ccc(NC(=O)[C@H]2Cc3ccccc3CN2S(=O)(=O)c2ccc(F)cc2)cc1. The van der Waals surface area contributed by atoms with Gasteiger partial charge in [0.15, 0.2) is 0 Å². The monoisotopic (exact) mass is 482 g/mol. The Morgan fingerprint density at radius 1 is 1.00 bits per heavy atom. The van der Waals surface area contributed by atoms with E-state index in [1.54, 1.807) is 19.1 Å². The zero-order valence-electron chi connectivity index (χ0n) is 18.4. The third-order valence-corrected chi connectivity index (χ3v) is 7.46. The summed E-state index contributed by atoms with van der Waals surface area (Å²) >= 11 is 0. The van der Waals surface area contributed by atoms with Crippen molar-refractivity contribution >= 4 is 27.6 Å². The molecule has 3 aromatic rings. The van der Waals surface area contributed by atoms with Crippen LogP contribution in [0, 0.1) is 5.82 Å². The molecule has 1 aliphatic rings. The number of hydrogen-bond donors (Lipinski definition) is 1. The number of halogens is 1. The first-order valence-electron chi connectivity index (χ1n) is 10.7. The third-order valence-electron chi connectivity index (χ3n) is 5.59. The van der Waals surface area contributed by atoms with Crippen LogP contribution in [0.3, 0.4) is 0 Å². The van der Waals surface area contributed by atoms with Crippen molar-refractivity contribution in [2.75, 3.05) is 11.9 Å². The first-order chi connectivity index (χ1) is 16.3. The molecule has 1 aliphatic heterocycles. The van der Waals surface area contributed by atoms with Crippen molar-refractivity contribution in [1.29, 1.82) is 0 Å². The van der Waals surface area contributed by atoms with Crippen LogP contribution in [0.15, 0.2) is 77.7 Å². The van der Waals surface area contributed by atoms with E-state index in [9.17, 15) is 22.4 Å². The molecule has 1 N–H and O–H groups in total. The highest BCUT2D eigenvalue weighted by atomic mass is 32.2. The molecule has 1 atom stereocenters. The lowest BCUT2D eigenvalue weighted by Gasteiger charge is -2.35. The number of carbonyl (C=O) groups is 2. The summed E-state index contributed by atoms with van der Waals surface area (Å²) in [5, 5.41) is 2.75. The standard InChI is InChI=1S/C25H23FN2O5S/c1-2-33-25(30)17-7-11-21(12-8-17)27-24(29)23-15-18-5-3-4-6-19(18)16-28(23)34(31,32)22-13-9-20(26)10-14-22/h3-14,23H,2,15-16H2,1H3,(H,27,29)/t23-/m1/s1. The van der Waals surface area contributed by atoms with Crippen LogP contribution in [0.2, 0.25) is 0 Å². The number of ether oxygens (including phenoxy) is 1. The highest BCUT2D eigenvalue weighted by Gasteiger charge is 2.39. The van der Waals surface area contributed by atoms with Gasteiger partial charge in [-0.15, -0.1) is 0 Å². The second-order valence-electron chi connectivity index (χ2n) is 7.78. The normalized spacial score (nSPS) is 15.9. The fourth-order valence-corrected chi connectivity index (χ4v) is 5.41. The molecule has 1 amide bonds. The highest BCUT2D eigenvalue weighted by Crippen LogP contribution is 2.30. The van der Waals surface area contributed by atoms with Gasteiger partial charge in [0.25, 0.3) is 0 Å². The molecule has 0 unspecified atom stereocenters. The van der Waals surface area contributed by atoms with Crippen LogP contribution in [-0.2, 0) is 32.5 Å². The lowest BCUT2D eigenvalue weighted by molar-refractivity contribution is -0.120. The quantitative estimate of drug-likeness (QED) is 0.540. The van der Waals surface area contributed by atoms with E-state index in [0.717, 1.165) is 27.6 Å². The highest BCUT2D eigenvalue weighted by molar-refractivity contribution is 7.89. The molecule has 3 aromatic carbocycles. The Kier molecular flexibility index (Phi) is 6.76. The summed E-state index contributed by atoms with van der Waals surface area (Å²) in [5.74, 6) is -1.53. The first-order valence-corrected chi connectivity index (χ1v) is 12.2. The van der Waals surface area contributed by atoms with Gasteiger partial charge in [-0.2, -0.15) is 4.31 Å². The van der Waals surface area contributed by atoms with Crippen LogP contribution in [-0.4, -0.2) is 37.2 Å². The molecule has 0 bridgehead atoms. The lowest BCUT2D eigenvalue weighted by atomic mass is 9.95. The van der Waals surface area contributed by atoms with Gasteiger partial charge in [-0.25, -0.2) is 17.6 Å². The van der Waals surface area contributed by atoms with E-state index in [1.165, 1.54) is 24.3 Å². The number of nitrogens with one attached hydrogen (secondary N) is 1. The maximum absolute atomic E-state index is 13.4. The number of esters is 1. The van der Waals surface area contributed by atoms with Gasteiger partial charge in [0, 0.05) is 12.2 Å². The predicted octanol–water partition coefficient (Wildman–Crippen LogP) is 3.76. The number of nitrogens with zero attached hydrogens (tertiary/aromatic N) is 1. The van der Waals surface area contributed by atoms with Crippen LogP contribution in [0.1, 0.15) is 28.4 Å². The number of rotatable bonds is 6. The van der Waals surface area contributed by atoms with Gasteiger partial charge in [-0.05, 0) is 73.0 Å². The van der Waals surface area contributed by atoms with Gasteiger partial charge in [-0.1, -0.05) is 24.3 Å². The number of hydrogen-bond acceptors (Lipinski definition) is 5. The summed E-state index contributed by atoms with van der Waals surface area (Å²) in [4.78, 5) is 25.0. The zero-order chi connectivity index (χ0) is 24.3. The van der Waals surface area contributed by atoms with Crippen molar-refractivity contribution in [3.63, 3.8) is 0 Å². The van der Waals surface area contributed by atoms with Gasteiger partial charge >= 0.3 is 5.97 Å². The Morgan fingerprint density at radius 2 is 1.65 bits per heavy atom. The van der Waals surface area contributed by atoms with Crippen LogP contribution in [0.25, 0.3) is 0 Å². The average molecular weight is 483 g/mol. The third kappa shape index (κ3) is 4.85. The first kappa shape index (κ1) is 23.6. The van der Waals surface area contributed by atoms with Crippen LogP contribution >= 0.6 is 0 Å². The van der Waals surface area contributed by atoms with Crippen molar-refractivity contribution in [2.24, 2.45) is 0 Å². The van der Waals surface area contributed by atoms with Gasteiger partial charge in [0.05, 0.1) is 17.1 Å². The Balaban J connectivity index is 1.62. The number of sulfonamides is 1. The molecule has 0 radical (unpaired) electrons. The second kappa shape index (κ2) is 9.74. The van der Waals surface area contributed by atoms with Crippen LogP contribution < -0.4 is 5.32 Å². The van der Waals surface area contributed by atoms with Crippen molar-refractivity contribution in [2.45, 2.75) is 30.8 Å². The van der Waals surface area contributed by atoms with Gasteiger partial charge in [-0.3, -0.25) is 4.79 Å². The number of amides is 1. The Labute approximate surface area is 197 Å². The molecule has 0 fully saturated rings. The molecule has 0 saturated carbocycles. The smallest absolute Gasteiger partial charge is 0.338 e. The molecular weight excluding hydrogens is 459 g/mol. The number of carbonyl (C=O) groups excluding carboxylic acids is 2. The summed E-state index contributed by atoms with van der Waals surface area (Å²) in [7, 11) is -4.09. The molecule has 34 heavy (non-hydrogen) atoms. The summed E-state index contributed by atoms with van der Waals surface area (Å²) in [6.45, 7) is 1.97. The largest absolute Gasteiger partial charge is 0.462 e. The number of benzene rings is 3. The predicted molar refractivity (Wildman–Crippen MR) is 124 cm³/mol. The van der Waals surface area contributed by atoms with E-state index in [-0.39, 0.29) is 24.5 Å². The molecule has 7 nitrogen and oxygen atoms in total. The molecule has 9 heteroatoms. The fourth-order valence-electron chi connectivity index (χ4n) is 3.85. The van der Waals surface area contributed by atoms with E-state index < -0.39 is 33.8 Å². The van der Waals surface area contributed by atoms with Crippen molar-refractivity contribution < 1.29 is 27.1 Å².